The lowest BCUT2D eigenvalue weighted by atomic mass is 9.96. The van der Waals surface area contributed by atoms with Crippen molar-refractivity contribution < 1.29 is 4.79 Å². The van der Waals surface area contributed by atoms with Crippen LogP contribution in [0, 0.1) is 0 Å². The molecule has 1 aliphatic carbocycles. The molecule has 0 saturated heterocycles. The highest BCUT2D eigenvalue weighted by molar-refractivity contribution is 6.05. The Kier molecular flexibility index (Phi) is 4.15. The Morgan fingerprint density at radius 1 is 1.21 bits per heavy atom. The second-order valence-electron chi connectivity index (χ2n) is 7.53. The summed E-state index contributed by atoms with van der Waals surface area (Å²) in [5, 5.41) is 6.90. The number of amides is 1. The molecule has 3 aromatic heterocycles. The van der Waals surface area contributed by atoms with E-state index < -0.39 is 0 Å². The summed E-state index contributed by atoms with van der Waals surface area (Å²) in [6.45, 7) is 1.22. The summed E-state index contributed by atoms with van der Waals surface area (Å²) in [5.41, 5.74) is 2.40. The molecule has 4 heterocycles. The van der Waals surface area contributed by atoms with Crippen molar-refractivity contribution in [1.29, 1.82) is 0 Å². The third-order valence-electron chi connectivity index (χ3n) is 5.39. The van der Waals surface area contributed by atoms with Gasteiger partial charge in [0, 0.05) is 51.0 Å². The molecule has 0 radical (unpaired) electrons. The van der Waals surface area contributed by atoms with E-state index in [-0.39, 0.29) is 23.1 Å². The lowest BCUT2D eigenvalue weighted by molar-refractivity contribution is 0.102. The predicted octanol–water partition coefficient (Wildman–Crippen LogP) is 1.52. The number of nitrogens with one attached hydrogen (secondary N) is 1. The molecule has 5 rings (SSSR count). The zero-order valence-corrected chi connectivity index (χ0v) is 16.1. The smallest absolute Gasteiger partial charge is 0.263 e. The maximum atomic E-state index is 13.2. The van der Waals surface area contributed by atoms with Crippen molar-refractivity contribution in [1.82, 2.24) is 24.3 Å². The number of fused-ring (bicyclic) bond motifs is 1. The minimum absolute atomic E-state index is 0.182. The molecule has 3 aromatic rings. The van der Waals surface area contributed by atoms with E-state index >= 15 is 0 Å². The van der Waals surface area contributed by atoms with Crippen LogP contribution >= 0.6 is 0 Å². The molecule has 2 aliphatic rings. The summed E-state index contributed by atoms with van der Waals surface area (Å²) in [7, 11) is 1.78. The molecule has 1 amide bonds. The molecule has 0 atom stereocenters. The van der Waals surface area contributed by atoms with Crippen molar-refractivity contribution in [2.75, 3.05) is 16.8 Å². The van der Waals surface area contributed by atoms with Crippen LogP contribution in [0.25, 0.3) is 0 Å². The summed E-state index contributed by atoms with van der Waals surface area (Å²) in [4.78, 5) is 37.0. The van der Waals surface area contributed by atoms with E-state index in [1.807, 2.05) is 6.20 Å². The highest BCUT2D eigenvalue weighted by Gasteiger charge is 2.32. The van der Waals surface area contributed by atoms with Crippen molar-refractivity contribution in [2.24, 2.45) is 7.05 Å². The molecule has 0 spiro atoms. The van der Waals surface area contributed by atoms with Crippen LogP contribution in [0.3, 0.4) is 0 Å². The Bertz CT molecular complexity index is 1130. The van der Waals surface area contributed by atoms with Crippen molar-refractivity contribution in [2.45, 2.75) is 31.8 Å². The Balaban J connectivity index is 1.54. The van der Waals surface area contributed by atoms with Gasteiger partial charge in [0.1, 0.15) is 5.56 Å². The van der Waals surface area contributed by atoms with Crippen molar-refractivity contribution in [3.05, 3.63) is 64.1 Å². The number of pyridine rings is 1. The molecule has 0 unspecified atom stereocenters. The molecule has 1 N–H and O–H groups in total. The van der Waals surface area contributed by atoms with Crippen LogP contribution < -0.4 is 15.8 Å². The third kappa shape index (κ3) is 3.28. The molecule has 0 bridgehead atoms. The fraction of sp³-hybridized carbons (Fsp3) is 0.350. The van der Waals surface area contributed by atoms with Gasteiger partial charge in [0.2, 0.25) is 5.95 Å². The largest absolute Gasteiger partial charge is 0.336 e. The average molecular weight is 391 g/mol. The lowest BCUT2D eigenvalue weighted by Crippen LogP contribution is -2.38. The molecule has 148 valence electrons. The van der Waals surface area contributed by atoms with Crippen molar-refractivity contribution in [3.8, 4) is 0 Å². The number of aryl methyl sites for hydroxylation is 1. The number of carbonyl (C=O) groups excluding carboxylic acids is 1. The van der Waals surface area contributed by atoms with Crippen LogP contribution in [-0.2, 0) is 20.0 Å². The molecular weight excluding hydrogens is 370 g/mol. The van der Waals surface area contributed by atoms with Gasteiger partial charge < -0.3 is 14.8 Å². The fourth-order valence-corrected chi connectivity index (χ4v) is 3.84. The summed E-state index contributed by atoms with van der Waals surface area (Å²) in [6, 6.07) is 1.97. The average Bonchev–Trinajstić information content (AvgIpc) is 3.49. The zero-order chi connectivity index (χ0) is 20.0. The Labute approximate surface area is 167 Å². The molecule has 1 fully saturated rings. The van der Waals surface area contributed by atoms with Gasteiger partial charge in [0.05, 0.1) is 11.9 Å². The van der Waals surface area contributed by atoms with Crippen LogP contribution in [-0.4, -0.2) is 36.8 Å². The predicted molar refractivity (Wildman–Crippen MR) is 107 cm³/mol. The molecule has 29 heavy (non-hydrogen) atoms. The van der Waals surface area contributed by atoms with Crippen LogP contribution in [0.15, 0.2) is 41.8 Å². The first kappa shape index (κ1) is 17.6. The summed E-state index contributed by atoms with van der Waals surface area (Å²) in [6.07, 6.45) is 11.2. The van der Waals surface area contributed by atoms with Gasteiger partial charge in [0.15, 0.2) is 0 Å². The Hall–Kier alpha value is -3.49. The minimum atomic E-state index is -0.376. The summed E-state index contributed by atoms with van der Waals surface area (Å²) >= 11 is 0. The van der Waals surface area contributed by atoms with E-state index in [1.54, 1.807) is 47.2 Å². The van der Waals surface area contributed by atoms with Gasteiger partial charge >= 0.3 is 0 Å². The van der Waals surface area contributed by atoms with Crippen LogP contribution in [0.5, 0.6) is 0 Å². The van der Waals surface area contributed by atoms with Crippen molar-refractivity contribution >= 4 is 17.5 Å². The highest BCUT2D eigenvalue weighted by atomic mass is 16.2. The molecule has 1 saturated carbocycles. The van der Waals surface area contributed by atoms with E-state index in [0.29, 0.717) is 31.1 Å². The number of aromatic nitrogens is 5. The van der Waals surface area contributed by atoms with Gasteiger partial charge in [-0.15, -0.1) is 0 Å². The third-order valence-corrected chi connectivity index (χ3v) is 5.39. The van der Waals surface area contributed by atoms with E-state index in [1.165, 1.54) is 0 Å². The lowest BCUT2D eigenvalue weighted by Gasteiger charge is -2.30. The van der Waals surface area contributed by atoms with Crippen LogP contribution in [0.1, 0.15) is 40.4 Å². The minimum Gasteiger partial charge on any atom is -0.336 e. The van der Waals surface area contributed by atoms with Gasteiger partial charge in [-0.2, -0.15) is 5.10 Å². The Morgan fingerprint density at radius 2 is 2.00 bits per heavy atom. The molecule has 9 heteroatoms. The van der Waals surface area contributed by atoms with Gasteiger partial charge in [-0.05, 0) is 36.5 Å². The van der Waals surface area contributed by atoms with Crippen LogP contribution in [0.4, 0.5) is 11.6 Å². The van der Waals surface area contributed by atoms with Gasteiger partial charge in [0.25, 0.3) is 11.5 Å². The van der Waals surface area contributed by atoms with Crippen molar-refractivity contribution in [3.63, 3.8) is 0 Å². The molecule has 0 aromatic carbocycles. The summed E-state index contributed by atoms with van der Waals surface area (Å²) in [5.74, 6) is 0.280. The fourth-order valence-electron chi connectivity index (χ4n) is 3.84. The van der Waals surface area contributed by atoms with E-state index in [0.717, 1.165) is 24.0 Å². The maximum Gasteiger partial charge on any atom is 0.263 e. The van der Waals surface area contributed by atoms with Gasteiger partial charge in [-0.25, -0.2) is 9.97 Å². The molecular formula is C20H21N7O2. The second kappa shape index (κ2) is 6.84. The van der Waals surface area contributed by atoms with Gasteiger partial charge in [-0.3, -0.25) is 14.3 Å². The number of rotatable bonds is 4. The SMILES string of the molecule is Cn1cc(NC(=O)c2c3c(cn(C4CC4)c2=O)CN(c2ncccn2)CC3)cn1. The highest BCUT2D eigenvalue weighted by Crippen LogP contribution is 2.35. The van der Waals surface area contributed by atoms with E-state index in [9.17, 15) is 9.59 Å². The molecule has 9 nitrogen and oxygen atoms in total. The normalized spacial score (nSPS) is 15.8. The standard InChI is InChI=1S/C20H21N7O2/c1-25-12-14(9-23-25)24-18(28)17-16-5-8-26(20-21-6-2-7-22-20)10-13(16)11-27(19(17)29)15-3-4-15/h2,6-7,9,11-12,15H,3-5,8,10H2,1H3,(H,24,28). The number of anilines is 2. The number of hydrogen-bond donors (Lipinski definition) is 1. The van der Waals surface area contributed by atoms with Gasteiger partial charge in [-0.1, -0.05) is 0 Å². The topological polar surface area (TPSA) is 97.9 Å². The monoisotopic (exact) mass is 391 g/mol. The summed E-state index contributed by atoms with van der Waals surface area (Å²) < 4.78 is 3.34. The Morgan fingerprint density at radius 3 is 2.69 bits per heavy atom. The zero-order valence-electron chi connectivity index (χ0n) is 16.1. The number of hydrogen-bond acceptors (Lipinski definition) is 6. The first-order valence-corrected chi connectivity index (χ1v) is 9.69. The first-order valence-electron chi connectivity index (χ1n) is 9.69. The number of nitrogens with zero attached hydrogens (tertiary/aromatic N) is 6. The molecule has 1 aliphatic heterocycles. The van der Waals surface area contributed by atoms with Crippen LogP contribution in [0.2, 0.25) is 0 Å². The van der Waals surface area contributed by atoms with E-state index in [4.69, 9.17) is 0 Å². The first-order chi connectivity index (χ1) is 14.1. The quantitative estimate of drug-likeness (QED) is 0.724. The maximum absolute atomic E-state index is 13.2. The van der Waals surface area contributed by atoms with E-state index in [2.05, 4.69) is 25.3 Å². The second-order valence-corrected chi connectivity index (χ2v) is 7.53. The number of carbonyl (C=O) groups is 1.